The van der Waals surface area contributed by atoms with E-state index in [9.17, 15) is 10.5 Å². The number of hydrogen-bond donors (Lipinski definition) is 0. The molecule has 0 atom stereocenters. The molecule has 5 aromatic carbocycles. The number of hydrogen-bond acceptors (Lipinski definition) is 4. The summed E-state index contributed by atoms with van der Waals surface area (Å²) in [6.07, 6.45) is 0. The van der Waals surface area contributed by atoms with Crippen molar-refractivity contribution in [1.29, 1.82) is 10.5 Å². The quantitative estimate of drug-likeness (QED) is 0.264. The lowest BCUT2D eigenvalue weighted by molar-refractivity contribution is 0.669. The first-order valence-electron chi connectivity index (χ1n) is 11.6. The molecular weight excluding hydrogens is 442 g/mol. The van der Waals surface area contributed by atoms with Crippen LogP contribution in [-0.4, -0.2) is 0 Å². The summed E-state index contributed by atoms with van der Waals surface area (Å²) < 4.78 is 6.26. The first-order valence-corrected chi connectivity index (χ1v) is 11.6. The summed E-state index contributed by atoms with van der Waals surface area (Å²) in [5, 5.41) is 20.9. The number of nitriles is 2. The standard InChI is InChI=1S/C32H19N3O/c33-20-22-16-23(21-34)18-25(17-22)24-14-15-30-28(19-24)32-29(12-7-13-31(32)36-30)35(26-8-3-1-4-9-26)27-10-5-2-6-11-27/h1-19H. The van der Waals surface area contributed by atoms with Crippen LogP contribution in [0.2, 0.25) is 0 Å². The molecule has 0 radical (unpaired) electrons. The number of nitrogens with zero attached hydrogens (tertiary/aromatic N) is 3. The van der Waals surface area contributed by atoms with Gasteiger partial charge in [0, 0.05) is 16.8 Å². The largest absolute Gasteiger partial charge is 0.456 e. The van der Waals surface area contributed by atoms with Gasteiger partial charge in [0.15, 0.2) is 0 Å². The minimum atomic E-state index is 0.459. The van der Waals surface area contributed by atoms with Gasteiger partial charge in [0.05, 0.1) is 34.3 Å². The predicted octanol–water partition coefficient (Wildman–Crippen LogP) is 8.47. The molecule has 0 bridgehead atoms. The number of para-hydroxylation sites is 2. The second kappa shape index (κ2) is 8.80. The molecule has 1 heterocycles. The van der Waals surface area contributed by atoms with Crippen LogP contribution in [0, 0.1) is 22.7 Å². The Morgan fingerprint density at radius 1 is 0.556 bits per heavy atom. The minimum Gasteiger partial charge on any atom is -0.456 e. The molecule has 0 unspecified atom stereocenters. The van der Waals surface area contributed by atoms with E-state index in [4.69, 9.17) is 4.42 Å². The Kier molecular flexibility index (Phi) is 5.19. The molecule has 0 saturated heterocycles. The van der Waals surface area contributed by atoms with Gasteiger partial charge < -0.3 is 9.32 Å². The molecule has 0 aliphatic carbocycles. The van der Waals surface area contributed by atoms with Crippen LogP contribution in [0.5, 0.6) is 0 Å². The van der Waals surface area contributed by atoms with Crippen molar-refractivity contribution >= 4 is 39.0 Å². The topological polar surface area (TPSA) is 64.0 Å². The van der Waals surface area contributed by atoms with Crippen molar-refractivity contribution in [2.45, 2.75) is 0 Å². The second-order valence-corrected chi connectivity index (χ2v) is 8.49. The van der Waals surface area contributed by atoms with Crippen molar-refractivity contribution in [1.82, 2.24) is 0 Å². The van der Waals surface area contributed by atoms with Gasteiger partial charge in [0.1, 0.15) is 11.2 Å². The van der Waals surface area contributed by atoms with Gasteiger partial charge in [-0.05, 0) is 77.9 Å². The van der Waals surface area contributed by atoms with Crippen LogP contribution in [0.3, 0.4) is 0 Å². The molecule has 6 rings (SSSR count). The zero-order valence-electron chi connectivity index (χ0n) is 19.2. The summed E-state index contributed by atoms with van der Waals surface area (Å²) in [4.78, 5) is 2.23. The molecule has 0 saturated carbocycles. The van der Waals surface area contributed by atoms with Crippen molar-refractivity contribution in [3.63, 3.8) is 0 Å². The van der Waals surface area contributed by atoms with Gasteiger partial charge in [-0.3, -0.25) is 0 Å². The van der Waals surface area contributed by atoms with Gasteiger partial charge in [0.25, 0.3) is 0 Å². The molecule has 0 aliphatic heterocycles. The molecule has 1 aromatic heterocycles. The maximum absolute atomic E-state index is 9.44. The Labute approximate surface area is 208 Å². The van der Waals surface area contributed by atoms with Crippen molar-refractivity contribution in [2.75, 3.05) is 4.90 Å². The molecule has 36 heavy (non-hydrogen) atoms. The van der Waals surface area contributed by atoms with E-state index in [0.29, 0.717) is 11.1 Å². The van der Waals surface area contributed by atoms with E-state index in [1.807, 2.05) is 72.8 Å². The highest BCUT2D eigenvalue weighted by Gasteiger charge is 2.19. The molecule has 0 N–H and O–H groups in total. The highest BCUT2D eigenvalue weighted by molar-refractivity contribution is 6.14. The summed E-state index contributed by atoms with van der Waals surface area (Å²) in [6, 6.07) is 42.2. The van der Waals surface area contributed by atoms with Gasteiger partial charge in [-0.15, -0.1) is 0 Å². The minimum absolute atomic E-state index is 0.459. The average Bonchev–Trinajstić information content (AvgIpc) is 3.33. The summed E-state index contributed by atoms with van der Waals surface area (Å²) in [5.74, 6) is 0. The fourth-order valence-corrected chi connectivity index (χ4v) is 4.68. The summed E-state index contributed by atoms with van der Waals surface area (Å²) in [7, 11) is 0. The van der Waals surface area contributed by atoms with E-state index in [1.165, 1.54) is 0 Å². The Balaban J connectivity index is 1.62. The number of anilines is 3. The van der Waals surface area contributed by atoms with Crippen LogP contribution in [-0.2, 0) is 0 Å². The molecule has 4 heteroatoms. The van der Waals surface area contributed by atoms with Crippen molar-refractivity contribution in [3.8, 4) is 23.3 Å². The van der Waals surface area contributed by atoms with E-state index >= 15 is 0 Å². The molecule has 0 spiro atoms. The monoisotopic (exact) mass is 461 g/mol. The molecule has 4 nitrogen and oxygen atoms in total. The number of rotatable bonds is 4. The first-order chi connectivity index (χ1) is 17.7. The van der Waals surface area contributed by atoms with E-state index < -0.39 is 0 Å². The highest BCUT2D eigenvalue weighted by atomic mass is 16.3. The van der Waals surface area contributed by atoms with Gasteiger partial charge in [-0.2, -0.15) is 10.5 Å². The SMILES string of the molecule is N#Cc1cc(C#N)cc(-c2ccc3oc4cccc(N(c5ccccc5)c5ccccc5)c4c3c2)c1. The number of furan rings is 1. The van der Waals surface area contributed by atoms with Crippen molar-refractivity contribution in [3.05, 3.63) is 126 Å². The zero-order valence-corrected chi connectivity index (χ0v) is 19.2. The van der Waals surface area contributed by atoms with Crippen LogP contribution in [0.1, 0.15) is 11.1 Å². The molecule has 0 fully saturated rings. The number of benzene rings is 5. The van der Waals surface area contributed by atoms with Gasteiger partial charge >= 0.3 is 0 Å². The Morgan fingerprint density at radius 3 is 1.81 bits per heavy atom. The lowest BCUT2D eigenvalue weighted by Gasteiger charge is -2.26. The lowest BCUT2D eigenvalue weighted by Crippen LogP contribution is -2.09. The summed E-state index contributed by atoms with van der Waals surface area (Å²) >= 11 is 0. The first kappa shape index (κ1) is 21.2. The fraction of sp³-hybridized carbons (Fsp3) is 0. The smallest absolute Gasteiger partial charge is 0.137 e. The molecule has 168 valence electrons. The molecular formula is C32H19N3O. The Hall–Kier alpha value is -5.32. The van der Waals surface area contributed by atoms with Crippen molar-refractivity contribution in [2.24, 2.45) is 0 Å². The van der Waals surface area contributed by atoms with E-state index in [2.05, 4.69) is 53.4 Å². The van der Waals surface area contributed by atoms with Gasteiger partial charge in [0.2, 0.25) is 0 Å². The van der Waals surface area contributed by atoms with Crippen molar-refractivity contribution < 1.29 is 4.42 Å². The summed E-state index contributed by atoms with van der Waals surface area (Å²) in [6.45, 7) is 0. The van der Waals surface area contributed by atoms with E-state index in [-0.39, 0.29) is 0 Å². The maximum atomic E-state index is 9.44. The maximum Gasteiger partial charge on any atom is 0.137 e. The van der Waals surface area contributed by atoms with Crippen LogP contribution in [0.4, 0.5) is 17.1 Å². The summed E-state index contributed by atoms with van der Waals surface area (Å²) in [5.41, 5.74) is 7.32. The third-order valence-electron chi connectivity index (χ3n) is 6.27. The predicted molar refractivity (Wildman–Crippen MR) is 143 cm³/mol. The normalized spacial score (nSPS) is 10.7. The van der Waals surface area contributed by atoms with Crippen LogP contribution in [0.15, 0.2) is 120 Å². The van der Waals surface area contributed by atoms with Gasteiger partial charge in [-0.1, -0.05) is 48.5 Å². The zero-order chi connectivity index (χ0) is 24.5. The van der Waals surface area contributed by atoms with E-state index in [1.54, 1.807) is 6.07 Å². The van der Waals surface area contributed by atoms with Crippen LogP contribution < -0.4 is 4.90 Å². The second-order valence-electron chi connectivity index (χ2n) is 8.49. The van der Waals surface area contributed by atoms with E-state index in [0.717, 1.165) is 50.1 Å². The number of fused-ring (bicyclic) bond motifs is 3. The van der Waals surface area contributed by atoms with Crippen LogP contribution in [0.25, 0.3) is 33.1 Å². The fourth-order valence-electron chi connectivity index (χ4n) is 4.68. The third kappa shape index (κ3) is 3.64. The molecule has 6 aromatic rings. The van der Waals surface area contributed by atoms with Gasteiger partial charge in [-0.25, -0.2) is 0 Å². The third-order valence-corrected chi connectivity index (χ3v) is 6.27. The Bertz CT molecular complexity index is 1730. The highest BCUT2D eigenvalue weighted by Crippen LogP contribution is 2.43. The lowest BCUT2D eigenvalue weighted by atomic mass is 9.98. The molecule has 0 amide bonds. The van der Waals surface area contributed by atoms with Crippen LogP contribution >= 0.6 is 0 Å². The Morgan fingerprint density at radius 2 is 1.19 bits per heavy atom. The molecule has 0 aliphatic rings. The average molecular weight is 462 g/mol.